The van der Waals surface area contributed by atoms with Crippen LogP contribution in [0.4, 0.5) is 0 Å². The van der Waals surface area contributed by atoms with Crippen molar-refractivity contribution < 1.29 is 38.4 Å². The molecule has 0 radical (unpaired) electrons. The van der Waals surface area contributed by atoms with Crippen LogP contribution in [0.15, 0.2) is 35.9 Å². The summed E-state index contributed by atoms with van der Waals surface area (Å²) in [7, 11) is -2.84. The highest BCUT2D eigenvalue weighted by Gasteiger charge is 2.60. The zero-order chi connectivity index (χ0) is 38.9. The number of hydrogen-bond donors (Lipinski definition) is 3. The summed E-state index contributed by atoms with van der Waals surface area (Å²) in [5.41, 5.74) is 0.677. The maximum atomic E-state index is 11.6. The number of ether oxygens (including phenoxy) is 3. The second-order valence-electron chi connectivity index (χ2n) is 16.6. The van der Waals surface area contributed by atoms with E-state index in [1.54, 1.807) is 19.3 Å². The molecule has 0 aromatic heterocycles. The van der Waals surface area contributed by atoms with Gasteiger partial charge >= 0.3 is 0 Å². The summed E-state index contributed by atoms with van der Waals surface area (Å²) in [6, 6.07) is 2.72. The van der Waals surface area contributed by atoms with Crippen LogP contribution in [0.25, 0.3) is 0 Å². The van der Waals surface area contributed by atoms with E-state index in [2.05, 4.69) is 97.3 Å². The minimum absolute atomic E-state index is 0.0141. The summed E-state index contributed by atoms with van der Waals surface area (Å²) in [6.45, 7) is 30.0. The zero-order valence-electron chi connectivity index (χ0n) is 33.6. The molecular formula is C39H72ClIO8Si2. The standard InChI is InChI=1S/C39H72ClIO8Si2/c1-14-51(15-2,16-3)49-37(36-29(7)34(43)35(44)32(46-36)24-26(4)23-30(42)21-20-27(5)40)39(45-11)25-33(48-50(12,13)38(8,9)10)28(6)31(47-39)19-17-18-22-41/h20-21,28-37,42-44H,4-5,14-19,22-25H2,1-3,6-13H3/b21-20+/t28-,29+,30+,31+,32+,33-,34+,35+,36+,37-,39+/m0/s1. The van der Waals surface area contributed by atoms with E-state index in [0.717, 1.165) is 41.8 Å². The number of rotatable bonds is 20. The second-order valence-corrected chi connectivity index (χ2v) is 27.7. The van der Waals surface area contributed by atoms with Crippen LogP contribution in [0, 0.1) is 11.8 Å². The summed E-state index contributed by atoms with van der Waals surface area (Å²) in [6.07, 6.45) is 1.56. The van der Waals surface area contributed by atoms with Gasteiger partial charge in [0.2, 0.25) is 0 Å². The van der Waals surface area contributed by atoms with Crippen LogP contribution >= 0.6 is 34.2 Å². The van der Waals surface area contributed by atoms with E-state index in [1.807, 2.05) is 6.92 Å². The van der Waals surface area contributed by atoms with Crippen molar-refractivity contribution >= 4 is 50.8 Å². The fourth-order valence-corrected chi connectivity index (χ4v) is 12.2. The van der Waals surface area contributed by atoms with E-state index >= 15 is 0 Å². The molecule has 2 heterocycles. The van der Waals surface area contributed by atoms with Gasteiger partial charge in [-0.25, -0.2) is 0 Å². The van der Waals surface area contributed by atoms with Crippen molar-refractivity contribution in [2.75, 3.05) is 11.5 Å². The molecule has 12 heteroatoms. The summed E-state index contributed by atoms with van der Waals surface area (Å²) in [5, 5.41) is 33.9. The number of methoxy groups -OCH3 is 1. The van der Waals surface area contributed by atoms with Gasteiger partial charge in [-0.2, -0.15) is 0 Å². The normalized spacial score (nSPS) is 32.2. The molecule has 298 valence electrons. The van der Waals surface area contributed by atoms with Crippen molar-refractivity contribution in [1.82, 2.24) is 0 Å². The fraction of sp³-hybridized carbons (Fsp3) is 0.846. The summed E-state index contributed by atoms with van der Waals surface area (Å²) in [5.74, 6) is -1.59. The highest BCUT2D eigenvalue weighted by atomic mass is 127. The van der Waals surface area contributed by atoms with Gasteiger partial charge in [-0.3, -0.25) is 0 Å². The molecule has 0 amide bonds. The molecule has 51 heavy (non-hydrogen) atoms. The highest BCUT2D eigenvalue weighted by molar-refractivity contribution is 14.1. The van der Waals surface area contributed by atoms with Crippen LogP contribution in [0.3, 0.4) is 0 Å². The Morgan fingerprint density at radius 1 is 1.04 bits per heavy atom. The molecule has 3 N–H and O–H groups in total. The van der Waals surface area contributed by atoms with Crippen LogP contribution in [0.2, 0.25) is 36.3 Å². The third-order valence-corrected chi connectivity index (χ3v) is 22.1. The number of aliphatic hydroxyl groups excluding tert-OH is 3. The topological polar surface area (TPSA) is 107 Å². The Morgan fingerprint density at radius 3 is 2.16 bits per heavy atom. The third kappa shape index (κ3) is 12.4. The minimum Gasteiger partial charge on any atom is -0.413 e. The Hall–Kier alpha value is 0.354. The monoisotopic (exact) mass is 886 g/mol. The quantitative estimate of drug-likeness (QED) is 0.0278. The largest absolute Gasteiger partial charge is 0.413 e. The molecule has 0 aromatic carbocycles. The Bertz CT molecular complexity index is 1120. The van der Waals surface area contributed by atoms with E-state index in [4.69, 9.17) is 34.7 Å². The van der Waals surface area contributed by atoms with Gasteiger partial charge < -0.3 is 38.4 Å². The lowest BCUT2D eigenvalue weighted by atomic mass is 9.78. The number of hydrogen-bond acceptors (Lipinski definition) is 8. The molecule has 2 rings (SSSR count). The van der Waals surface area contributed by atoms with Crippen LogP contribution in [-0.4, -0.2) is 98.1 Å². The van der Waals surface area contributed by atoms with Gasteiger partial charge in [0.05, 0.1) is 36.6 Å². The second kappa shape index (κ2) is 20.5. The van der Waals surface area contributed by atoms with Gasteiger partial charge in [-0.15, -0.1) is 0 Å². The van der Waals surface area contributed by atoms with Gasteiger partial charge in [0, 0.05) is 30.4 Å². The number of halogens is 2. The lowest BCUT2D eigenvalue weighted by Crippen LogP contribution is -2.69. The Kier molecular flexibility index (Phi) is 19.1. The molecule has 0 bridgehead atoms. The van der Waals surface area contributed by atoms with Crippen molar-refractivity contribution in [3.05, 3.63) is 35.9 Å². The van der Waals surface area contributed by atoms with E-state index in [1.165, 1.54) is 0 Å². The Morgan fingerprint density at radius 2 is 1.65 bits per heavy atom. The van der Waals surface area contributed by atoms with Gasteiger partial charge in [0.25, 0.3) is 0 Å². The van der Waals surface area contributed by atoms with Crippen molar-refractivity contribution in [1.29, 1.82) is 0 Å². The predicted molar refractivity (Wildman–Crippen MR) is 224 cm³/mol. The molecule has 0 aromatic rings. The van der Waals surface area contributed by atoms with Gasteiger partial charge in [0.1, 0.15) is 12.2 Å². The minimum atomic E-state index is -2.34. The first-order valence-electron chi connectivity index (χ1n) is 19.2. The molecule has 2 aliphatic rings. The van der Waals surface area contributed by atoms with E-state index in [9.17, 15) is 15.3 Å². The SMILES string of the molecule is C=C(Cl)/C=C/[C@@H](O)CC(=C)C[C@H]1O[C@@H]([C@H](O[Si](CC)(CC)CC)[C@@]2(OC)C[C@H](O[Si](C)(C)C(C)(C)C)[C@@H](C)[C@@H](CCCCI)O2)[C@H](C)[C@@H](O)[C@@H]1O. The highest BCUT2D eigenvalue weighted by Crippen LogP contribution is 2.48. The van der Waals surface area contributed by atoms with Crippen molar-refractivity contribution in [2.45, 2.75) is 185 Å². The lowest BCUT2D eigenvalue weighted by molar-refractivity contribution is -0.354. The average molecular weight is 888 g/mol. The van der Waals surface area contributed by atoms with E-state index in [0.29, 0.717) is 17.0 Å². The molecule has 0 spiro atoms. The first kappa shape index (κ1) is 47.5. The summed E-state index contributed by atoms with van der Waals surface area (Å²) >= 11 is 8.28. The number of aliphatic hydroxyl groups is 3. The van der Waals surface area contributed by atoms with Gasteiger partial charge in [-0.05, 0) is 72.5 Å². The lowest BCUT2D eigenvalue weighted by Gasteiger charge is -2.56. The molecule has 2 fully saturated rings. The molecule has 11 atom stereocenters. The average Bonchev–Trinajstić information content (AvgIpc) is 3.06. The first-order chi connectivity index (χ1) is 23.7. The van der Waals surface area contributed by atoms with Crippen LogP contribution < -0.4 is 0 Å². The van der Waals surface area contributed by atoms with Crippen LogP contribution in [0.5, 0.6) is 0 Å². The number of allylic oxidation sites excluding steroid dienone is 2. The maximum Gasteiger partial charge on any atom is 0.198 e. The maximum absolute atomic E-state index is 11.6. The van der Waals surface area contributed by atoms with Crippen molar-refractivity contribution in [2.24, 2.45) is 11.8 Å². The van der Waals surface area contributed by atoms with Crippen LogP contribution in [-0.2, 0) is 23.1 Å². The van der Waals surface area contributed by atoms with Crippen LogP contribution in [0.1, 0.15) is 93.9 Å². The third-order valence-electron chi connectivity index (χ3n) is 12.1. The van der Waals surface area contributed by atoms with Crippen molar-refractivity contribution in [3.63, 3.8) is 0 Å². The Labute approximate surface area is 331 Å². The first-order valence-corrected chi connectivity index (χ1v) is 26.5. The molecular weight excluding hydrogens is 815 g/mol. The smallest absolute Gasteiger partial charge is 0.198 e. The van der Waals surface area contributed by atoms with E-state index in [-0.39, 0.29) is 36.0 Å². The molecule has 0 saturated carbocycles. The summed E-state index contributed by atoms with van der Waals surface area (Å²) < 4.78 is 36.6. The Balaban J connectivity index is 2.68. The molecule has 8 nitrogen and oxygen atoms in total. The zero-order valence-corrected chi connectivity index (χ0v) is 38.5. The molecule has 2 saturated heterocycles. The van der Waals surface area contributed by atoms with Gasteiger partial charge in [0.15, 0.2) is 22.4 Å². The fourth-order valence-electron chi connectivity index (χ4n) is 7.29. The van der Waals surface area contributed by atoms with E-state index < -0.39 is 65.0 Å². The predicted octanol–water partition coefficient (Wildman–Crippen LogP) is 9.27. The molecule has 2 aliphatic heterocycles. The van der Waals surface area contributed by atoms with Crippen molar-refractivity contribution in [3.8, 4) is 0 Å². The molecule has 0 aliphatic carbocycles. The number of unbranched alkanes of at least 4 members (excludes halogenated alkanes) is 1. The molecule has 0 unspecified atom stereocenters. The summed E-state index contributed by atoms with van der Waals surface area (Å²) in [4.78, 5) is 0. The van der Waals surface area contributed by atoms with Gasteiger partial charge in [-0.1, -0.05) is 121 Å². The number of alkyl halides is 1.